The van der Waals surface area contributed by atoms with Crippen molar-refractivity contribution in [1.29, 1.82) is 0 Å². The number of hydrogen-bond donors (Lipinski definition) is 2. The summed E-state index contributed by atoms with van der Waals surface area (Å²) in [5.41, 5.74) is 1.00. The van der Waals surface area contributed by atoms with Gasteiger partial charge in [-0.15, -0.1) is 0 Å². The zero-order chi connectivity index (χ0) is 18.2. The van der Waals surface area contributed by atoms with Gasteiger partial charge < -0.3 is 15.4 Å². The fourth-order valence-corrected chi connectivity index (χ4v) is 2.48. The predicted molar refractivity (Wildman–Crippen MR) is 100 cm³/mol. The van der Waals surface area contributed by atoms with Gasteiger partial charge in [-0.05, 0) is 42.5 Å². The predicted octanol–water partition coefficient (Wildman–Crippen LogP) is 3.12. The van der Waals surface area contributed by atoms with Crippen LogP contribution in [0.1, 0.15) is 10.4 Å². The summed E-state index contributed by atoms with van der Waals surface area (Å²) in [5.74, 6) is -1.57. The van der Waals surface area contributed by atoms with Crippen molar-refractivity contribution in [1.82, 2.24) is 5.32 Å². The number of ether oxygens (including phenoxy) is 1. The number of hydrogen-bond acceptors (Lipinski definition) is 4. The number of halogens is 2. The average Bonchev–Trinajstić information content (AvgIpc) is 2.60. The molecule has 0 aliphatic rings. The van der Waals surface area contributed by atoms with E-state index >= 15 is 0 Å². The van der Waals surface area contributed by atoms with E-state index in [0.717, 1.165) is 8.95 Å². The lowest BCUT2D eigenvalue weighted by atomic mass is 10.2. The highest BCUT2D eigenvalue weighted by molar-refractivity contribution is 9.10. The summed E-state index contributed by atoms with van der Waals surface area (Å²) in [7, 11) is 0. The summed E-state index contributed by atoms with van der Waals surface area (Å²) in [6.07, 6.45) is 0. The van der Waals surface area contributed by atoms with E-state index < -0.39 is 24.4 Å². The standard InChI is InChI=1S/C17H14Br2N2O4/c18-12-4-6-14(7-5-12)21-15(22)10-25-16(23)9-20-17(24)11-2-1-3-13(19)8-11/h1-8H,9-10H2,(H,20,24)(H,21,22). The fraction of sp³-hybridized carbons (Fsp3) is 0.118. The SMILES string of the molecule is O=C(COC(=O)CNC(=O)c1cccc(Br)c1)Nc1ccc(Br)cc1. The molecule has 0 heterocycles. The molecule has 2 aromatic rings. The van der Waals surface area contributed by atoms with E-state index in [-0.39, 0.29) is 6.54 Å². The Hall–Kier alpha value is -2.19. The summed E-state index contributed by atoms with van der Waals surface area (Å²) < 4.78 is 6.47. The van der Waals surface area contributed by atoms with Crippen molar-refractivity contribution >= 4 is 55.3 Å². The van der Waals surface area contributed by atoms with E-state index in [4.69, 9.17) is 4.74 Å². The van der Waals surface area contributed by atoms with E-state index in [1.165, 1.54) is 0 Å². The van der Waals surface area contributed by atoms with Crippen molar-refractivity contribution in [3.8, 4) is 0 Å². The smallest absolute Gasteiger partial charge is 0.325 e. The van der Waals surface area contributed by atoms with Crippen molar-refractivity contribution in [2.24, 2.45) is 0 Å². The summed E-state index contributed by atoms with van der Waals surface area (Å²) in [5, 5.41) is 5.03. The van der Waals surface area contributed by atoms with Crippen LogP contribution in [0.25, 0.3) is 0 Å². The van der Waals surface area contributed by atoms with Crippen LogP contribution in [0.4, 0.5) is 5.69 Å². The molecule has 0 saturated heterocycles. The molecule has 130 valence electrons. The molecule has 0 spiro atoms. The Bertz CT molecular complexity index is 778. The zero-order valence-corrected chi connectivity index (χ0v) is 16.1. The average molecular weight is 470 g/mol. The van der Waals surface area contributed by atoms with Gasteiger partial charge in [0.05, 0.1) is 0 Å². The van der Waals surface area contributed by atoms with Crippen LogP contribution in [0.5, 0.6) is 0 Å². The molecule has 0 fully saturated rings. The largest absolute Gasteiger partial charge is 0.454 e. The molecule has 0 atom stereocenters. The lowest BCUT2D eigenvalue weighted by Gasteiger charge is -2.08. The van der Waals surface area contributed by atoms with E-state index in [9.17, 15) is 14.4 Å². The second-order valence-corrected chi connectivity index (χ2v) is 6.74. The topological polar surface area (TPSA) is 84.5 Å². The van der Waals surface area contributed by atoms with Crippen molar-refractivity contribution in [3.05, 3.63) is 63.0 Å². The second-order valence-electron chi connectivity index (χ2n) is 4.91. The van der Waals surface area contributed by atoms with Crippen LogP contribution in [0.2, 0.25) is 0 Å². The van der Waals surface area contributed by atoms with Crippen LogP contribution in [-0.2, 0) is 14.3 Å². The molecular formula is C17H14Br2N2O4. The number of esters is 1. The maximum Gasteiger partial charge on any atom is 0.325 e. The van der Waals surface area contributed by atoms with Gasteiger partial charge in [0, 0.05) is 20.2 Å². The van der Waals surface area contributed by atoms with E-state index in [0.29, 0.717) is 11.3 Å². The van der Waals surface area contributed by atoms with Crippen LogP contribution in [0.15, 0.2) is 57.5 Å². The number of carbonyl (C=O) groups is 3. The first-order chi connectivity index (χ1) is 11.9. The summed E-state index contributed by atoms with van der Waals surface area (Å²) in [6.45, 7) is -0.751. The monoisotopic (exact) mass is 468 g/mol. The van der Waals surface area contributed by atoms with Gasteiger partial charge in [-0.2, -0.15) is 0 Å². The lowest BCUT2D eigenvalue weighted by Crippen LogP contribution is -2.32. The van der Waals surface area contributed by atoms with Gasteiger partial charge in [0.25, 0.3) is 11.8 Å². The third kappa shape index (κ3) is 6.67. The van der Waals surface area contributed by atoms with Gasteiger partial charge in [0.2, 0.25) is 0 Å². The molecule has 25 heavy (non-hydrogen) atoms. The van der Waals surface area contributed by atoms with Gasteiger partial charge in [-0.1, -0.05) is 37.9 Å². The van der Waals surface area contributed by atoms with Crippen molar-refractivity contribution in [2.75, 3.05) is 18.5 Å². The molecule has 0 saturated carbocycles. The van der Waals surface area contributed by atoms with Gasteiger partial charge in [-0.25, -0.2) is 0 Å². The highest BCUT2D eigenvalue weighted by atomic mass is 79.9. The van der Waals surface area contributed by atoms with Gasteiger partial charge >= 0.3 is 5.97 Å². The maximum atomic E-state index is 11.9. The second kappa shape index (κ2) is 9.33. The molecule has 0 aliphatic carbocycles. The first kappa shape index (κ1) is 19.1. The van der Waals surface area contributed by atoms with E-state index in [1.54, 1.807) is 48.5 Å². The molecule has 8 heteroatoms. The molecule has 0 bridgehead atoms. The first-order valence-corrected chi connectivity index (χ1v) is 8.77. The fourth-order valence-electron chi connectivity index (χ4n) is 1.81. The Balaban J connectivity index is 1.72. The molecule has 0 aliphatic heterocycles. The zero-order valence-electron chi connectivity index (χ0n) is 12.9. The molecule has 0 radical (unpaired) electrons. The third-order valence-corrected chi connectivity index (χ3v) is 3.99. The number of nitrogens with one attached hydrogen (secondary N) is 2. The summed E-state index contributed by atoms with van der Waals surface area (Å²) >= 11 is 6.56. The minimum absolute atomic E-state index is 0.323. The molecule has 6 nitrogen and oxygen atoms in total. The maximum absolute atomic E-state index is 11.9. The van der Waals surface area contributed by atoms with Crippen LogP contribution in [-0.4, -0.2) is 30.9 Å². The lowest BCUT2D eigenvalue weighted by molar-refractivity contribution is -0.146. The van der Waals surface area contributed by atoms with E-state index in [1.807, 2.05) is 0 Å². The van der Waals surface area contributed by atoms with Gasteiger partial charge in [-0.3, -0.25) is 14.4 Å². The van der Waals surface area contributed by atoms with Crippen LogP contribution in [0.3, 0.4) is 0 Å². The first-order valence-electron chi connectivity index (χ1n) is 7.19. The Morgan fingerprint density at radius 2 is 1.68 bits per heavy atom. The Kier molecular flexibility index (Phi) is 7.15. The Morgan fingerprint density at radius 3 is 2.36 bits per heavy atom. The van der Waals surface area contributed by atoms with Crippen LogP contribution >= 0.6 is 31.9 Å². The highest BCUT2D eigenvalue weighted by Crippen LogP contribution is 2.14. The molecule has 2 rings (SSSR count). The highest BCUT2D eigenvalue weighted by Gasteiger charge is 2.11. The van der Waals surface area contributed by atoms with Crippen molar-refractivity contribution in [2.45, 2.75) is 0 Å². The van der Waals surface area contributed by atoms with Gasteiger partial charge in [0.1, 0.15) is 6.54 Å². The molecular weight excluding hydrogens is 456 g/mol. The quantitative estimate of drug-likeness (QED) is 0.636. The van der Waals surface area contributed by atoms with Gasteiger partial charge in [0.15, 0.2) is 6.61 Å². The van der Waals surface area contributed by atoms with Crippen molar-refractivity contribution in [3.63, 3.8) is 0 Å². The molecule has 2 N–H and O–H groups in total. The minimum atomic E-state index is -0.700. The molecule has 2 amide bonds. The number of rotatable bonds is 6. The van der Waals surface area contributed by atoms with E-state index in [2.05, 4.69) is 42.5 Å². The Morgan fingerprint density at radius 1 is 0.960 bits per heavy atom. The normalized spacial score (nSPS) is 10.0. The molecule has 0 unspecified atom stereocenters. The number of amides is 2. The molecule has 2 aromatic carbocycles. The summed E-state index contributed by atoms with van der Waals surface area (Å²) in [6, 6.07) is 13.7. The molecule has 0 aromatic heterocycles. The van der Waals surface area contributed by atoms with Crippen LogP contribution in [0, 0.1) is 0 Å². The summed E-state index contributed by atoms with van der Waals surface area (Å²) in [4.78, 5) is 35.2. The number of anilines is 1. The Labute approximate surface area is 161 Å². The number of benzene rings is 2. The van der Waals surface area contributed by atoms with Crippen molar-refractivity contribution < 1.29 is 19.1 Å². The third-order valence-electron chi connectivity index (χ3n) is 2.97. The number of carbonyl (C=O) groups excluding carboxylic acids is 3. The van der Waals surface area contributed by atoms with Crippen LogP contribution < -0.4 is 10.6 Å². The minimum Gasteiger partial charge on any atom is -0.454 e.